The van der Waals surface area contributed by atoms with Gasteiger partial charge in [0.15, 0.2) is 0 Å². The summed E-state index contributed by atoms with van der Waals surface area (Å²) in [6.45, 7) is 0. The maximum absolute atomic E-state index is 12.2. The molecule has 0 aliphatic carbocycles. The van der Waals surface area contributed by atoms with E-state index >= 15 is 0 Å². The lowest BCUT2D eigenvalue weighted by molar-refractivity contribution is 0.102. The minimum Gasteiger partial charge on any atom is -0.496 e. The zero-order valence-corrected chi connectivity index (χ0v) is 9.18. The summed E-state index contributed by atoms with van der Waals surface area (Å²) in [5.41, 5.74) is 1.10. The van der Waals surface area contributed by atoms with Crippen LogP contribution in [0.1, 0.15) is 16.1 Å². The monoisotopic (exact) mass is 216 g/mol. The predicted molar refractivity (Wildman–Crippen MR) is 59.6 cm³/mol. The topological polar surface area (TPSA) is 44.1 Å². The van der Waals surface area contributed by atoms with Crippen LogP contribution in [0.15, 0.2) is 36.5 Å². The number of aryl methyl sites for hydroxylation is 1. The second-order valence-electron chi connectivity index (χ2n) is 3.37. The van der Waals surface area contributed by atoms with E-state index in [-0.39, 0.29) is 5.78 Å². The lowest BCUT2D eigenvalue weighted by Crippen LogP contribution is -2.09. The van der Waals surface area contributed by atoms with Crippen LogP contribution in [0.4, 0.5) is 0 Å². The summed E-state index contributed by atoms with van der Waals surface area (Å²) >= 11 is 0. The van der Waals surface area contributed by atoms with Crippen LogP contribution < -0.4 is 4.74 Å². The van der Waals surface area contributed by atoms with Gasteiger partial charge in [-0.3, -0.25) is 9.48 Å². The van der Waals surface area contributed by atoms with Crippen molar-refractivity contribution in [3.05, 3.63) is 47.8 Å². The predicted octanol–water partition coefficient (Wildman–Crippen LogP) is 1.66. The lowest BCUT2D eigenvalue weighted by Gasteiger charge is -2.06. The normalized spacial score (nSPS) is 10.1. The molecule has 82 valence electrons. The van der Waals surface area contributed by atoms with E-state index in [1.807, 2.05) is 12.1 Å². The molecule has 1 aromatic carbocycles. The van der Waals surface area contributed by atoms with E-state index < -0.39 is 0 Å². The Hall–Kier alpha value is -2.10. The van der Waals surface area contributed by atoms with Gasteiger partial charge in [0.2, 0.25) is 5.78 Å². The van der Waals surface area contributed by atoms with Crippen molar-refractivity contribution in [1.29, 1.82) is 0 Å². The third-order valence-corrected chi connectivity index (χ3v) is 2.41. The van der Waals surface area contributed by atoms with Crippen molar-refractivity contribution < 1.29 is 9.53 Å². The molecule has 1 heterocycles. The smallest absolute Gasteiger partial charge is 0.214 e. The van der Waals surface area contributed by atoms with Gasteiger partial charge in [0.25, 0.3) is 0 Å². The summed E-state index contributed by atoms with van der Waals surface area (Å²) in [4.78, 5) is 12.2. The molecule has 0 N–H and O–H groups in total. The Labute approximate surface area is 93.5 Å². The summed E-state index contributed by atoms with van der Waals surface area (Å²) in [6.07, 6.45) is 1.60. The molecule has 0 aliphatic heterocycles. The largest absolute Gasteiger partial charge is 0.496 e. The molecule has 0 bridgehead atoms. The molecule has 0 saturated heterocycles. The number of ketones is 1. The zero-order chi connectivity index (χ0) is 11.5. The number of aromatic nitrogens is 2. The fourth-order valence-electron chi connectivity index (χ4n) is 1.57. The van der Waals surface area contributed by atoms with Gasteiger partial charge in [-0.25, -0.2) is 0 Å². The van der Waals surface area contributed by atoms with Crippen molar-refractivity contribution in [2.45, 2.75) is 0 Å². The molecule has 2 rings (SSSR count). The molecule has 2 aromatic rings. The van der Waals surface area contributed by atoms with E-state index in [4.69, 9.17) is 4.74 Å². The molecule has 4 nitrogen and oxygen atoms in total. The lowest BCUT2D eigenvalue weighted by atomic mass is 10.1. The number of carbonyl (C=O) groups is 1. The van der Waals surface area contributed by atoms with Gasteiger partial charge < -0.3 is 4.74 Å². The molecule has 0 radical (unpaired) electrons. The van der Waals surface area contributed by atoms with Gasteiger partial charge in [0.1, 0.15) is 11.4 Å². The maximum atomic E-state index is 12.2. The van der Waals surface area contributed by atoms with E-state index in [1.54, 1.807) is 43.2 Å². The second-order valence-corrected chi connectivity index (χ2v) is 3.37. The number of hydrogen-bond acceptors (Lipinski definition) is 3. The Bertz CT molecular complexity index is 517. The highest BCUT2D eigenvalue weighted by molar-refractivity contribution is 6.09. The molecule has 0 spiro atoms. The van der Waals surface area contributed by atoms with E-state index in [9.17, 15) is 4.79 Å². The third-order valence-electron chi connectivity index (χ3n) is 2.41. The van der Waals surface area contributed by atoms with E-state index in [1.165, 1.54) is 0 Å². The van der Waals surface area contributed by atoms with Crippen LogP contribution in [0.2, 0.25) is 0 Å². The molecule has 16 heavy (non-hydrogen) atoms. The molecular weight excluding hydrogens is 204 g/mol. The van der Waals surface area contributed by atoms with Crippen LogP contribution in [-0.4, -0.2) is 22.7 Å². The van der Waals surface area contributed by atoms with Crippen LogP contribution in [0.25, 0.3) is 0 Å². The Morgan fingerprint density at radius 2 is 2.06 bits per heavy atom. The Balaban J connectivity index is 2.46. The number of ether oxygens (including phenoxy) is 1. The first-order chi connectivity index (χ1) is 7.74. The van der Waals surface area contributed by atoms with Crippen molar-refractivity contribution in [3.63, 3.8) is 0 Å². The van der Waals surface area contributed by atoms with Crippen LogP contribution in [0.5, 0.6) is 5.75 Å². The molecule has 0 atom stereocenters. The minimum absolute atomic E-state index is 0.0857. The first-order valence-corrected chi connectivity index (χ1v) is 4.89. The second kappa shape index (κ2) is 4.18. The summed E-state index contributed by atoms with van der Waals surface area (Å²) in [5, 5.41) is 3.97. The first-order valence-electron chi connectivity index (χ1n) is 4.89. The van der Waals surface area contributed by atoms with Crippen LogP contribution in [-0.2, 0) is 7.05 Å². The van der Waals surface area contributed by atoms with Gasteiger partial charge in [-0.1, -0.05) is 12.1 Å². The molecular formula is C12H12N2O2. The fraction of sp³-hybridized carbons (Fsp3) is 0.167. The van der Waals surface area contributed by atoms with Crippen molar-refractivity contribution in [3.8, 4) is 5.75 Å². The highest BCUT2D eigenvalue weighted by atomic mass is 16.5. The number of carbonyl (C=O) groups excluding carboxylic acids is 1. The number of methoxy groups -OCH3 is 1. The first kappa shape index (κ1) is 10.4. The summed E-state index contributed by atoms with van der Waals surface area (Å²) in [5.74, 6) is 0.492. The van der Waals surface area contributed by atoms with Gasteiger partial charge >= 0.3 is 0 Å². The number of benzene rings is 1. The molecule has 0 aliphatic rings. The highest BCUT2D eigenvalue weighted by Gasteiger charge is 2.16. The molecule has 4 heteroatoms. The molecule has 0 saturated carbocycles. The van der Waals surface area contributed by atoms with E-state index in [0.29, 0.717) is 17.0 Å². The average molecular weight is 216 g/mol. The number of para-hydroxylation sites is 1. The minimum atomic E-state index is -0.0857. The number of hydrogen-bond donors (Lipinski definition) is 0. The zero-order valence-electron chi connectivity index (χ0n) is 9.18. The van der Waals surface area contributed by atoms with E-state index in [0.717, 1.165) is 0 Å². The van der Waals surface area contributed by atoms with Gasteiger partial charge in [-0.15, -0.1) is 0 Å². The van der Waals surface area contributed by atoms with Crippen LogP contribution in [0.3, 0.4) is 0 Å². The summed E-state index contributed by atoms with van der Waals surface area (Å²) in [7, 11) is 3.29. The van der Waals surface area contributed by atoms with Crippen molar-refractivity contribution in [1.82, 2.24) is 9.78 Å². The molecule has 1 aromatic heterocycles. The number of nitrogens with zero attached hydrogens (tertiary/aromatic N) is 2. The average Bonchev–Trinajstić information content (AvgIpc) is 2.74. The summed E-state index contributed by atoms with van der Waals surface area (Å²) in [6, 6.07) is 8.84. The van der Waals surface area contributed by atoms with E-state index in [2.05, 4.69) is 5.10 Å². The molecule has 0 fully saturated rings. The maximum Gasteiger partial charge on any atom is 0.214 e. The molecule has 0 unspecified atom stereocenters. The van der Waals surface area contributed by atoms with Crippen LogP contribution in [0, 0.1) is 0 Å². The van der Waals surface area contributed by atoms with Crippen molar-refractivity contribution >= 4 is 5.78 Å². The third kappa shape index (κ3) is 1.69. The number of rotatable bonds is 3. The Morgan fingerprint density at radius 1 is 1.31 bits per heavy atom. The standard InChI is InChI=1S/C12H12N2O2/c1-14-10(7-8-13-14)12(15)9-5-3-4-6-11(9)16-2/h3-8H,1-2H3. The Kier molecular flexibility index (Phi) is 2.72. The van der Waals surface area contributed by atoms with Gasteiger partial charge in [-0.05, 0) is 18.2 Å². The van der Waals surface area contributed by atoms with Crippen molar-refractivity contribution in [2.75, 3.05) is 7.11 Å². The van der Waals surface area contributed by atoms with Crippen LogP contribution >= 0.6 is 0 Å². The van der Waals surface area contributed by atoms with Crippen molar-refractivity contribution in [2.24, 2.45) is 7.05 Å². The van der Waals surface area contributed by atoms with Gasteiger partial charge in [-0.2, -0.15) is 5.10 Å². The van der Waals surface area contributed by atoms with Gasteiger partial charge in [0.05, 0.1) is 12.7 Å². The summed E-state index contributed by atoms with van der Waals surface area (Å²) < 4.78 is 6.70. The SMILES string of the molecule is COc1ccccc1C(=O)c1ccnn1C. The highest BCUT2D eigenvalue weighted by Crippen LogP contribution is 2.20. The fourth-order valence-corrected chi connectivity index (χ4v) is 1.57. The van der Waals surface area contributed by atoms with Gasteiger partial charge in [0, 0.05) is 13.2 Å². The quantitative estimate of drug-likeness (QED) is 0.733. The Morgan fingerprint density at radius 3 is 2.69 bits per heavy atom. The molecule has 0 amide bonds.